The van der Waals surface area contributed by atoms with Crippen LogP contribution in [0.1, 0.15) is 30.9 Å². The van der Waals surface area contributed by atoms with Crippen molar-refractivity contribution in [2.24, 2.45) is 5.73 Å². The molecule has 2 N–H and O–H groups in total. The van der Waals surface area contributed by atoms with Crippen molar-refractivity contribution < 1.29 is 4.74 Å². The third-order valence-electron chi connectivity index (χ3n) is 2.51. The molecule has 0 radical (unpaired) electrons. The van der Waals surface area contributed by atoms with E-state index in [0.717, 1.165) is 5.75 Å². The van der Waals surface area contributed by atoms with Crippen LogP contribution in [0.3, 0.4) is 0 Å². The Morgan fingerprint density at radius 1 is 1.31 bits per heavy atom. The Labute approximate surface area is 98.1 Å². The van der Waals surface area contributed by atoms with E-state index in [1.807, 2.05) is 18.2 Å². The minimum atomic E-state index is 0.561. The van der Waals surface area contributed by atoms with Crippen LogP contribution in [-0.4, -0.2) is 13.2 Å². The molecule has 0 saturated heterocycles. The second-order valence-electron chi connectivity index (χ2n) is 4.19. The minimum Gasteiger partial charge on any atom is -0.490 e. The van der Waals surface area contributed by atoms with Gasteiger partial charge in [0.1, 0.15) is 12.4 Å². The summed E-state index contributed by atoms with van der Waals surface area (Å²) >= 11 is 0. The Balaban J connectivity index is 2.63. The van der Waals surface area contributed by atoms with E-state index in [0.29, 0.717) is 19.1 Å². The molecule has 0 heterocycles. The van der Waals surface area contributed by atoms with E-state index in [-0.39, 0.29) is 0 Å². The summed E-state index contributed by atoms with van der Waals surface area (Å²) in [6.45, 7) is 7.67. The molecule has 0 saturated carbocycles. The first kappa shape index (κ1) is 12.8. The van der Waals surface area contributed by atoms with Crippen LogP contribution < -0.4 is 10.5 Å². The lowest BCUT2D eigenvalue weighted by atomic mass is 9.98. The van der Waals surface area contributed by atoms with Crippen LogP contribution >= 0.6 is 0 Å². The van der Waals surface area contributed by atoms with E-state index in [2.05, 4.69) is 32.9 Å². The van der Waals surface area contributed by atoms with Crippen LogP contribution in [0, 0.1) is 6.92 Å². The van der Waals surface area contributed by atoms with Gasteiger partial charge in [0.2, 0.25) is 0 Å². The molecule has 0 unspecified atom stereocenters. The zero-order valence-corrected chi connectivity index (χ0v) is 10.4. The van der Waals surface area contributed by atoms with Gasteiger partial charge in [-0.05, 0) is 36.1 Å². The fourth-order valence-corrected chi connectivity index (χ4v) is 1.69. The van der Waals surface area contributed by atoms with Gasteiger partial charge in [-0.2, -0.15) is 0 Å². The Morgan fingerprint density at radius 3 is 2.62 bits per heavy atom. The largest absolute Gasteiger partial charge is 0.490 e. The summed E-state index contributed by atoms with van der Waals surface area (Å²) < 4.78 is 5.58. The van der Waals surface area contributed by atoms with Crippen molar-refractivity contribution in [3.8, 4) is 5.75 Å². The van der Waals surface area contributed by atoms with Gasteiger partial charge in [-0.1, -0.05) is 32.1 Å². The van der Waals surface area contributed by atoms with Crippen molar-refractivity contribution in [3.63, 3.8) is 0 Å². The maximum absolute atomic E-state index is 5.58. The van der Waals surface area contributed by atoms with Crippen molar-refractivity contribution in [2.75, 3.05) is 13.2 Å². The van der Waals surface area contributed by atoms with E-state index in [4.69, 9.17) is 10.5 Å². The molecule has 0 atom stereocenters. The molecule has 0 aliphatic carbocycles. The summed E-state index contributed by atoms with van der Waals surface area (Å²) in [4.78, 5) is 0. The number of rotatable bonds is 5. The minimum absolute atomic E-state index is 0.561. The topological polar surface area (TPSA) is 35.2 Å². The monoisotopic (exact) mass is 219 g/mol. The first-order valence-corrected chi connectivity index (χ1v) is 5.73. The van der Waals surface area contributed by atoms with Crippen LogP contribution in [0.15, 0.2) is 30.4 Å². The lowest BCUT2D eigenvalue weighted by Crippen LogP contribution is -1.98. The summed E-state index contributed by atoms with van der Waals surface area (Å²) in [5.74, 6) is 1.48. The van der Waals surface area contributed by atoms with Gasteiger partial charge >= 0.3 is 0 Å². The van der Waals surface area contributed by atoms with E-state index >= 15 is 0 Å². The molecule has 0 amide bonds. The van der Waals surface area contributed by atoms with Crippen LogP contribution in [0.25, 0.3) is 0 Å². The number of aryl methyl sites for hydroxylation is 1. The van der Waals surface area contributed by atoms with E-state index in [1.54, 1.807) is 0 Å². The van der Waals surface area contributed by atoms with E-state index in [1.165, 1.54) is 11.1 Å². The number of nitrogens with two attached hydrogens (primary N) is 1. The Kier molecular flexibility index (Phi) is 5.06. The standard InChI is InChI=1S/C14H21NO/c1-11(2)14-7-6-13(10-12(14)3)16-9-5-4-8-15/h4-7,10-11H,8-9,15H2,1-3H3. The van der Waals surface area contributed by atoms with E-state index in [9.17, 15) is 0 Å². The molecule has 0 aliphatic heterocycles. The smallest absolute Gasteiger partial charge is 0.120 e. The SMILES string of the molecule is Cc1cc(OCC=CCN)ccc1C(C)C. The first-order chi connectivity index (χ1) is 7.65. The highest BCUT2D eigenvalue weighted by molar-refractivity contribution is 5.36. The molecule has 0 bridgehead atoms. The molecular weight excluding hydrogens is 198 g/mol. The number of hydrogen-bond acceptors (Lipinski definition) is 2. The second kappa shape index (κ2) is 6.33. The number of hydrogen-bond donors (Lipinski definition) is 1. The summed E-state index contributed by atoms with van der Waals surface area (Å²) in [6, 6.07) is 6.26. The first-order valence-electron chi connectivity index (χ1n) is 5.73. The molecule has 0 fully saturated rings. The van der Waals surface area contributed by atoms with Gasteiger partial charge in [0.05, 0.1) is 0 Å². The Hall–Kier alpha value is -1.28. The van der Waals surface area contributed by atoms with Crippen LogP contribution in [0.4, 0.5) is 0 Å². The van der Waals surface area contributed by atoms with Gasteiger partial charge < -0.3 is 10.5 Å². The summed E-state index contributed by atoms with van der Waals surface area (Å²) in [6.07, 6.45) is 3.83. The van der Waals surface area contributed by atoms with Gasteiger partial charge in [0, 0.05) is 6.54 Å². The van der Waals surface area contributed by atoms with Gasteiger partial charge in [-0.15, -0.1) is 0 Å². The van der Waals surface area contributed by atoms with Crippen molar-refractivity contribution >= 4 is 0 Å². The molecule has 2 nitrogen and oxygen atoms in total. The zero-order valence-electron chi connectivity index (χ0n) is 10.4. The van der Waals surface area contributed by atoms with Gasteiger partial charge in [-0.25, -0.2) is 0 Å². The van der Waals surface area contributed by atoms with Gasteiger partial charge in [0.25, 0.3) is 0 Å². The normalized spacial score (nSPS) is 11.3. The average molecular weight is 219 g/mol. The Morgan fingerprint density at radius 2 is 2.06 bits per heavy atom. The lowest BCUT2D eigenvalue weighted by molar-refractivity contribution is 0.362. The summed E-state index contributed by atoms with van der Waals surface area (Å²) in [5.41, 5.74) is 8.01. The molecule has 0 aromatic heterocycles. The van der Waals surface area contributed by atoms with Gasteiger partial charge in [-0.3, -0.25) is 0 Å². The number of benzene rings is 1. The summed E-state index contributed by atoms with van der Waals surface area (Å²) in [5, 5.41) is 0. The molecule has 0 aliphatic rings. The molecule has 16 heavy (non-hydrogen) atoms. The predicted octanol–water partition coefficient (Wildman–Crippen LogP) is 3.01. The molecule has 2 heteroatoms. The predicted molar refractivity (Wildman–Crippen MR) is 69.0 cm³/mol. The van der Waals surface area contributed by atoms with Gasteiger partial charge in [0.15, 0.2) is 0 Å². The Bertz CT molecular complexity index is 356. The van der Waals surface area contributed by atoms with Crippen molar-refractivity contribution in [2.45, 2.75) is 26.7 Å². The molecule has 88 valence electrons. The molecule has 1 aromatic carbocycles. The fourth-order valence-electron chi connectivity index (χ4n) is 1.69. The van der Waals surface area contributed by atoms with Crippen LogP contribution in [-0.2, 0) is 0 Å². The quantitative estimate of drug-likeness (QED) is 0.773. The molecule has 0 spiro atoms. The highest BCUT2D eigenvalue weighted by Gasteiger charge is 2.03. The molecule has 1 rings (SSSR count). The number of ether oxygens (including phenoxy) is 1. The van der Waals surface area contributed by atoms with Crippen molar-refractivity contribution in [1.29, 1.82) is 0 Å². The molecule has 1 aromatic rings. The van der Waals surface area contributed by atoms with Crippen molar-refractivity contribution in [3.05, 3.63) is 41.5 Å². The van der Waals surface area contributed by atoms with Crippen molar-refractivity contribution in [1.82, 2.24) is 0 Å². The maximum atomic E-state index is 5.58. The van der Waals surface area contributed by atoms with Crippen LogP contribution in [0.2, 0.25) is 0 Å². The fraction of sp³-hybridized carbons (Fsp3) is 0.429. The van der Waals surface area contributed by atoms with E-state index < -0.39 is 0 Å². The second-order valence-corrected chi connectivity index (χ2v) is 4.19. The van der Waals surface area contributed by atoms with Crippen LogP contribution in [0.5, 0.6) is 5.75 Å². The molecular formula is C14H21NO. The lowest BCUT2D eigenvalue weighted by Gasteiger charge is -2.11. The average Bonchev–Trinajstić information content (AvgIpc) is 2.24. The highest BCUT2D eigenvalue weighted by Crippen LogP contribution is 2.23. The maximum Gasteiger partial charge on any atom is 0.120 e. The third-order valence-corrected chi connectivity index (χ3v) is 2.51. The highest BCUT2D eigenvalue weighted by atomic mass is 16.5. The zero-order chi connectivity index (χ0) is 12.0. The third kappa shape index (κ3) is 3.70. The summed E-state index contributed by atoms with van der Waals surface area (Å²) in [7, 11) is 0.